The number of carbonyl (C=O) groups excluding carboxylic acids is 2. The fraction of sp³-hybridized carbons (Fsp3) is 0.200. The number of para-hydroxylation sites is 1. The predicted molar refractivity (Wildman–Crippen MR) is 109 cm³/mol. The SMILES string of the molecule is O=C(CSc1nnc(-c2ccc3c(c2)OCO3)n1-c1ccccc1)N1CCNC1=O. The van der Waals surface area contributed by atoms with Crippen LogP contribution in [0.15, 0.2) is 53.7 Å². The molecule has 0 spiro atoms. The third-order valence-electron chi connectivity index (χ3n) is 4.76. The van der Waals surface area contributed by atoms with Crippen LogP contribution in [0.3, 0.4) is 0 Å². The molecule has 1 fully saturated rings. The quantitative estimate of drug-likeness (QED) is 0.629. The van der Waals surface area contributed by atoms with E-state index in [-0.39, 0.29) is 24.5 Å². The summed E-state index contributed by atoms with van der Waals surface area (Å²) >= 11 is 1.24. The van der Waals surface area contributed by atoms with E-state index < -0.39 is 0 Å². The van der Waals surface area contributed by atoms with E-state index in [0.29, 0.717) is 35.6 Å². The number of urea groups is 1. The standard InChI is InChI=1S/C20H17N5O4S/c26-17(24-9-8-21-19(24)27)11-30-20-23-22-18(25(20)14-4-2-1-3-5-14)13-6-7-15-16(10-13)29-12-28-15/h1-7,10H,8-9,11-12H2,(H,21,27). The summed E-state index contributed by atoms with van der Waals surface area (Å²) in [7, 11) is 0. The Morgan fingerprint density at radius 2 is 1.93 bits per heavy atom. The molecule has 1 N–H and O–H groups in total. The Kier molecular flexibility index (Phi) is 4.75. The third-order valence-corrected chi connectivity index (χ3v) is 5.67. The molecule has 0 unspecified atom stereocenters. The summed E-state index contributed by atoms with van der Waals surface area (Å²) in [4.78, 5) is 25.4. The number of benzene rings is 2. The third kappa shape index (κ3) is 3.35. The van der Waals surface area contributed by atoms with Gasteiger partial charge in [-0.05, 0) is 30.3 Å². The van der Waals surface area contributed by atoms with E-state index >= 15 is 0 Å². The lowest BCUT2D eigenvalue weighted by atomic mass is 10.2. The van der Waals surface area contributed by atoms with Gasteiger partial charge in [-0.25, -0.2) is 4.79 Å². The maximum absolute atomic E-state index is 12.4. The van der Waals surface area contributed by atoms with Gasteiger partial charge in [0, 0.05) is 24.3 Å². The summed E-state index contributed by atoms with van der Waals surface area (Å²) in [6, 6.07) is 14.9. The lowest BCUT2D eigenvalue weighted by Crippen LogP contribution is -2.35. The van der Waals surface area contributed by atoms with Crippen LogP contribution >= 0.6 is 11.8 Å². The number of fused-ring (bicyclic) bond motifs is 1. The number of amides is 3. The smallest absolute Gasteiger partial charge is 0.324 e. The number of nitrogens with one attached hydrogen (secondary N) is 1. The van der Waals surface area contributed by atoms with Crippen molar-refractivity contribution >= 4 is 23.7 Å². The summed E-state index contributed by atoms with van der Waals surface area (Å²) < 4.78 is 12.8. The van der Waals surface area contributed by atoms with Gasteiger partial charge >= 0.3 is 6.03 Å². The van der Waals surface area contributed by atoms with Gasteiger partial charge in [-0.1, -0.05) is 30.0 Å². The highest BCUT2D eigenvalue weighted by molar-refractivity contribution is 7.99. The first kappa shape index (κ1) is 18.5. The first-order valence-electron chi connectivity index (χ1n) is 9.32. The Hall–Kier alpha value is -3.53. The minimum absolute atomic E-state index is 0.0829. The molecule has 9 nitrogen and oxygen atoms in total. The van der Waals surface area contributed by atoms with Crippen LogP contribution in [0.4, 0.5) is 4.79 Å². The van der Waals surface area contributed by atoms with Crippen molar-refractivity contribution in [1.29, 1.82) is 0 Å². The van der Waals surface area contributed by atoms with Crippen molar-refractivity contribution in [3.8, 4) is 28.6 Å². The highest BCUT2D eigenvalue weighted by Gasteiger charge is 2.27. The molecule has 152 valence electrons. The zero-order valence-electron chi connectivity index (χ0n) is 15.8. The second kappa shape index (κ2) is 7.71. The molecule has 2 aliphatic rings. The fourth-order valence-corrected chi connectivity index (χ4v) is 4.14. The van der Waals surface area contributed by atoms with Crippen LogP contribution in [-0.2, 0) is 4.79 Å². The van der Waals surface area contributed by atoms with Crippen molar-refractivity contribution in [2.24, 2.45) is 0 Å². The minimum Gasteiger partial charge on any atom is -0.454 e. The van der Waals surface area contributed by atoms with Gasteiger partial charge < -0.3 is 14.8 Å². The number of nitrogens with zero attached hydrogens (tertiary/aromatic N) is 4. The van der Waals surface area contributed by atoms with Crippen molar-refractivity contribution in [3.63, 3.8) is 0 Å². The van der Waals surface area contributed by atoms with Crippen LogP contribution in [0.2, 0.25) is 0 Å². The van der Waals surface area contributed by atoms with E-state index in [9.17, 15) is 9.59 Å². The molecule has 0 saturated carbocycles. The summed E-state index contributed by atoms with van der Waals surface area (Å²) in [6.45, 7) is 1.05. The molecular weight excluding hydrogens is 406 g/mol. The molecule has 0 bridgehead atoms. The Bertz CT molecular complexity index is 1120. The molecular formula is C20H17N5O4S. The van der Waals surface area contributed by atoms with Gasteiger partial charge in [0.25, 0.3) is 0 Å². The van der Waals surface area contributed by atoms with Crippen molar-refractivity contribution in [2.75, 3.05) is 25.6 Å². The van der Waals surface area contributed by atoms with Crippen LogP contribution in [0.5, 0.6) is 11.5 Å². The molecule has 10 heteroatoms. The number of hydrogen-bond acceptors (Lipinski definition) is 7. The predicted octanol–water partition coefficient (Wildman–Crippen LogP) is 2.31. The first-order chi connectivity index (χ1) is 14.7. The van der Waals surface area contributed by atoms with E-state index in [2.05, 4.69) is 15.5 Å². The van der Waals surface area contributed by atoms with Gasteiger partial charge in [0.1, 0.15) is 0 Å². The lowest BCUT2D eigenvalue weighted by molar-refractivity contribution is -0.124. The summed E-state index contributed by atoms with van der Waals surface area (Å²) in [6.07, 6.45) is 0. The number of rotatable bonds is 5. The molecule has 30 heavy (non-hydrogen) atoms. The number of aromatic nitrogens is 3. The maximum Gasteiger partial charge on any atom is 0.324 e. The van der Waals surface area contributed by atoms with Gasteiger partial charge in [0.15, 0.2) is 22.5 Å². The van der Waals surface area contributed by atoms with E-state index in [1.807, 2.05) is 53.1 Å². The van der Waals surface area contributed by atoms with Gasteiger partial charge in [0.2, 0.25) is 12.7 Å². The van der Waals surface area contributed by atoms with Crippen molar-refractivity contribution < 1.29 is 19.1 Å². The Morgan fingerprint density at radius 3 is 2.73 bits per heavy atom. The molecule has 5 rings (SSSR count). The van der Waals surface area contributed by atoms with E-state index in [0.717, 1.165) is 11.3 Å². The number of imide groups is 1. The molecule has 1 saturated heterocycles. The van der Waals surface area contributed by atoms with Crippen LogP contribution < -0.4 is 14.8 Å². The lowest BCUT2D eigenvalue weighted by Gasteiger charge is -2.13. The number of thioether (sulfide) groups is 1. The molecule has 0 radical (unpaired) electrons. The summed E-state index contributed by atoms with van der Waals surface area (Å²) in [5.41, 5.74) is 1.68. The first-order valence-corrected chi connectivity index (χ1v) is 10.3. The van der Waals surface area contributed by atoms with Gasteiger partial charge in [0.05, 0.1) is 5.75 Å². The molecule has 0 atom stereocenters. The Labute approximate surface area is 176 Å². The number of carbonyl (C=O) groups is 2. The maximum atomic E-state index is 12.4. The molecule has 0 aliphatic carbocycles. The molecule has 3 amide bonds. The second-order valence-corrected chi connectivity index (χ2v) is 7.55. The molecule has 3 aromatic rings. The summed E-state index contributed by atoms with van der Waals surface area (Å²) in [5.74, 6) is 1.78. The highest BCUT2D eigenvalue weighted by atomic mass is 32.2. The van der Waals surface area contributed by atoms with Crippen LogP contribution in [0.25, 0.3) is 17.1 Å². The van der Waals surface area contributed by atoms with E-state index in [1.54, 1.807) is 0 Å². The number of hydrogen-bond donors (Lipinski definition) is 1. The monoisotopic (exact) mass is 423 g/mol. The van der Waals surface area contributed by atoms with Crippen molar-refractivity contribution in [2.45, 2.75) is 5.16 Å². The zero-order chi connectivity index (χ0) is 20.5. The topological polar surface area (TPSA) is 98.6 Å². The van der Waals surface area contributed by atoms with Gasteiger partial charge in [-0.3, -0.25) is 14.3 Å². The Balaban J connectivity index is 1.47. The van der Waals surface area contributed by atoms with Crippen molar-refractivity contribution in [3.05, 3.63) is 48.5 Å². The van der Waals surface area contributed by atoms with E-state index in [4.69, 9.17) is 9.47 Å². The summed E-state index contributed by atoms with van der Waals surface area (Å²) in [5, 5.41) is 11.9. The van der Waals surface area contributed by atoms with Crippen LogP contribution in [0.1, 0.15) is 0 Å². The average molecular weight is 423 g/mol. The van der Waals surface area contributed by atoms with E-state index in [1.165, 1.54) is 16.7 Å². The molecule has 1 aromatic heterocycles. The highest BCUT2D eigenvalue weighted by Crippen LogP contribution is 2.37. The van der Waals surface area contributed by atoms with Crippen molar-refractivity contribution in [1.82, 2.24) is 25.0 Å². The number of ether oxygens (including phenoxy) is 2. The van der Waals surface area contributed by atoms with Crippen LogP contribution in [0, 0.1) is 0 Å². The molecule has 3 heterocycles. The van der Waals surface area contributed by atoms with Gasteiger partial charge in [-0.2, -0.15) is 0 Å². The Morgan fingerprint density at radius 1 is 1.10 bits per heavy atom. The second-order valence-electron chi connectivity index (χ2n) is 6.61. The van der Waals surface area contributed by atoms with Gasteiger partial charge in [-0.15, -0.1) is 10.2 Å². The molecule has 2 aromatic carbocycles. The molecule has 2 aliphatic heterocycles. The van der Waals surface area contributed by atoms with Crippen LogP contribution in [-0.4, -0.2) is 57.2 Å². The normalized spacial score (nSPS) is 14.8. The fourth-order valence-electron chi connectivity index (χ4n) is 3.31. The average Bonchev–Trinajstić information content (AvgIpc) is 3.51. The zero-order valence-corrected chi connectivity index (χ0v) is 16.6. The largest absolute Gasteiger partial charge is 0.454 e. The minimum atomic E-state index is -0.355.